The Balaban J connectivity index is 1.16. The number of phenolic OH excluding ortho intramolecular Hbond substituents is 1. The topological polar surface area (TPSA) is 99.2 Å². The van der Waals surface area contributed by atoms with Crippen molar-refractivity contribution in [2.45, 2.75) is 12.8 Å². The number of anilines is 2. The molecule has 1 saturated heterocycles. The summed E-state index contributed by atoms with van der Waals surface area (Å²) in [6.07, 6.45) is 0.864. The minimum Gasteiger partial charge on any atom is -0.507 e. The number of phenols is 1. The fourth-order valence-electron chi connectivity index (χ4n) is 4.55. The van der Waals surface area contributed by atoms with Crippen molar-refractivity contribution in [2.24, 2.45) is 0 Å². The van der Waals surface area contributed by atoms with E-state index in [1.165, 1.54) is 6.07 Å². The molecule has 8 heteroatoms. The molecule has 0 aliphatic carbocycles. The van der Waals surface area contributed by atoms with Gasteiger partial charge in [0.05, 0.1) is 5.56 Å². The van der Waals surface area contributed by atoms with Crippen molar-refractivity contribution in [3.8, 4) is 11.5 Å². The maximum atomic E-state index is 13.0. The number of benzene rings is 3. The summed E-state index contributed by atoms with van der Waals surface area (Å²) in [5, 5.41) is 13.1. The lowest BCUT2D eigenvalue weighted by molar-refractivity contribution is -0.133. The van der Waals surface area contributed by atoms with Crippen molar-refractivity contribution in [2.75, 3.05) is 43.0 Å². The van der Waals surface area contributed by atoms with Crippen molar-refractivity contribution in [1.82, 2.24) is 4.90 Å². The van der Waals surface area contributed by atoms with Gasteiger partial charge in [-0.25, -0.2) is 0 Å². The molecule has 0 aromatic heterocycles. The van der Waals surface area contributed by atoms with Gasteiger partial charge < -0.3 is 25.0 Å². The normalized spacial score (nSPS) is 15.2. The molecule has 8 nitrogen and oxygen atoms in total. The quantitative estimate of drug-likeness (QED) is 0.520. The van der Waals surface area contributed by atoms with Gasteiger partial charge in [0.15, 0.2) is 12.4 Å². The summed E-state index contributed by atoms with van der Waals surface area (Å²) in [6.45, 7) is 2.75. The van der Waals surface area contributed by atoms with Crippen LogP contribution in [0.5, 0.6) is 11.5 Å². The highest BCUT2D eigenvalue weighted by atomic mass is 16.5. The van der Waals surface area contributed by atoms with E-state index in [-0.39, 0.29) is 35.5 Å². The number of para-hydroxylation sites is 1. The summed E-state index contributed by atoms with van der Waals surface area (Å²) in [5.41, 5.74) is 3.09. The van der Waals surface area contributed by atoms with Gasteiger partial charge >= 0.3 is 0 Å². The maximum absolute atomic E-state index is 13.0. The summed E-state index contributed by atoms with van der Waals surface area (Å²) in [6, 6.07) is 19.7. The van der Waals surface area contributed by atoms with Crippen LogP contribution < -0.4 is 15.0 Å². The van der Waals surface area contributed by atoms with Crippen molar-refractivity contribution in [3.63, 3.8) is 0 Å². The SMILES string of the molecule is O=C1CCc2cc(C(=O)c3ccc(OCC(=O)N4CCN(c5ccccc5)CC4)cc3)c(O)cc2N1. The van der Waals surface area contributed by atoms with Crippen LogP contribution in [0.4, 0.5) is 11.4 Å². The molecule has 0 bridgehead atoms. The van der Waals surface area contributed by atoms with E-state index >= 15 is 0 Å². The Hall–Kier alpha value is -4.33. The molecule has 0 atom stereocenters. The Morgan fingerprint density at radius 1 is 0.917 bits per heavy atom. The minimum atomic E-state index is -0.328. The van der Waals surface area contributed by atoms with Crippen LogP contribution in [0.1, 0.15) is 27.9 Å². The van der Waals surface area contributed by atoms with Crippen molar-refractivity contribution >= 4 is 29.0 Å². The maximum Gasteiger partial charge on any atom is 0.260 e. The minimum absolute atomic E-state index is 0.0735. The van der Waals surface area contributed by atoms with Gasteiger partial charge in [-0.15, -0.1) is 0 Å². The molecule has 3 aromatic rings. The van der Waals surface area contributed by atoms with E-state index in [1.807, 2.05) is 18.2 Å². The molecule has 36 heavy (non-hydrogen) atoms. The van der Waals surface area contributed by atoms with Crippen LogP contribution >= 0.6 is 0 Å². The molecule has 5 rings (SSSR count). The highest BCUT2D eigenvalue weighted by Gasteiger charge is 2.23. The Morgan fingerprint density at radius 3 is 2.36 bits per heavy atom. The first-order chi connectivity index (χ1) is 17.5. The van der Waals surface area contributed by atoms with E-state index in [0.29, 0.717) is 42.9 Å². The van der Waals surface area contributed by atoms with Gasteiger partial charge in [-0.1, -0.05) is 18.2 Å². The van der Waals surface area contributed by atoms with Crippen LogP contribution in [0.25, 0.3) is 0 Å². The van der Waals surface area contributed by atoms with Crippen LogP contribution in [-0.4, -0.2) is 60.4 Å². The average Bonchev–Trinajstić information content (AvgIpc) is 2.92. The van der Waals surface area contributed by atoms with Crippen LogP contribution in [0.15, 0.2) is 66.7 Å². The molecule has 2 N–H and O–H groups in total. The van der Waals surface area contributed by atoms with Gasteiger partial charge in [0.1, 0.15) is 11.5 Å². The summed E-state index contributed by atoms with van der Waals surface area (Å²) in [4.78, 5) is 41.2. The van der Waals surface area contributed by atoms with E-state index in [9.17, 15) is 19.5 Å². The third-order valence-corrected chi connectivity index (χ3v) is 6.59. The van der Waals surface area contributed by atoms with Crippen molar-refractivity contribution in [1.29, 1.82) is 0 Å². The van der Waals surface area contributed by atoms with E-state index in [0.717, 1.165) is 24.3 Å². The van der Waals surface area contributed by atoms with Crippen molar-refractivity contribution < 1.29 is 24.2 Å². The number of hydrogen-bond acceptors (Lipinski definition) is 6. The smallest absolute Gasteiger partial charge is 0.260 e. The highest BCUT2D eigenvalue weighted by molar-refractivity contribution is 6.11. The Morgan fingerprint density at radius 2 is 1.64 bits per heavy atom. The number of ether oxygens (including phenoxy) is 1. The zero-order valence-corrected chi connectivity index (χ0v) is 19.8. The van der Waals surface area contributed by atoms with Crippen LogP contribution in [0.3, 0.4) is 0 Å². The highest BCUT2D eigenvalue weighted by Crippen LogP contribution is 2.31. The number of carbonyl (C=O) groups is 3. The number of amides is 2. The number of aromatic hydroxyl groups is 1. The number of nitrogens with zero attached hydrogens (tertiary/aromatic N) is 2. The fraction of sp³-hybridized carbons (Fsp3) is 0.250. The van der Waals surface area contributed by atoms with Crippen molar-refractivity contribution in [3.05, 3.63) is 83.4 Å². The number of rotatable bonds is 6. The van der Waals surface area contributed by atoms with E-state index in [4.69, 9.17) is 4.74 Å². The number of ketones is 1. The summed E-state index contributed by atoms with van der Waals surface area (Å²) in [5.74, 6) is -0.205. The second-order valence-electron chi connectivity index (χ2n) is 8.92. The largest absolute Gasteiger partial charge is 0.507 e. The molecule has 2 amide bonds. The Kier molecular flexibility index (Phi) is 6.58. The molecule has 0 radical (unpaired) electrons. The first kappa shape index (κ1) is 23.4. The first-order valence-corrected chi connectivity index (χ1v) is 12.0. The standard InChI is InChI=1S/C28H27N3O5/c32-25-17-24-20(8-11-26(33)29-24)16-23(25)28(35)19-6-9-22(10-7-19)36-18-27(34)31-14-12-30(13-15-31)21-4-2-1-3-5-21/h1-7,9-10,16-17,32H,8,11-15,18H2,(H,29,33). The summed E-state index contributed by atoms with van der Waals surface area (Å²) < 4.78 is 5.68. The Labute approximate surface area is 209 Å². The number of fused-ring (bicyclic) bond motifs is 1. The molecule has 2 aliphatic heterocycles. The predicted molar refractivity (Wildman–Crippen MR) is 136 cm³/mol. The number of hydrogen-bond donors (Lipinski definition) is 2. The summed E-state index contributed by atoms with van der Waals surface area (Å²) in [7, 11) is 0. The average molecular weight is 486 g/mol. The van der Waals surface area contributed by atoms with Gasteiger partial charge in [0.2, 0.25) is 5.91 Å². The zero-order chi connectivity index (χ0) is 25.1. The molecule has 184 valence electrons. The predicted octanol–water partition coefficient (Wildman–Crippen LogP) is 3.24. The number of aryl methyl sites for hydroxylation is 1. The molecule has 0 unspecified atom stereocenters. The zero-order valence-electron chi connectivity index (χ0n) is 19.8. The molecule has 3 aromatic carbocycles. The van der Waals surface area contributed by atoms with E-state index in [1.54, 1.807) is 35.2 Å². The Bertz CT molecular complexity index is 1280. The second kappa shape index (κ2) is 10.1. The van der Waals surface area contributed by atoms with Crippen LogP contribution in [-0.2, 0) is 16.0 Å². The molecule has 1 fully saturated rings. The van der Waals surface area contributed by atoms with Gasteiger partial charge in [-0.05, 0) is 54.4 Å². The lowest BCUT2D eigenvalue weighted by Gasteiger charge is -2.36. The van der Waals surface area contributed by atoms with Gasteiger partial charge in [-0.2, -0.15) is 0 Å². The molecule has 2 aliphatic rings. The molecule has 0 saturated carbocycles. The van der Waals surface area contributed by atoms with Gasteiger partial charge in [0.25, 0.3) is 5.91 Å². The van der Waals surface area contributed by atoms with Crippen LogP contribution in [0, 0.1) is 0 Å². The second-order valence-corrected chi connectivity index (χ2v) is 8.92. The number of carbonyl (C=O) groups excluding carboxylic acids is 3. The van der Waals surface area contributed by atoms with E-state index in [2.05, 4.69) is 22.3 Å². The summed E-state index contributed by atoms with van der Waals surface area (Å²) >= 11 is 0. The lowest BCUT2D eigenvalue weighted by Crippen LogP contribution is -2.50. The van der Waals surface area contributed by atoms with Gasteiger partial charge in [0, 0.05) is 55.6 Å². The van der Waals surface area contributed by atoms with Crippen LogP contribution in [0.2, 0.25) is 0 Å². The third-order valence-electron chi connectivity index (χ3n) is 6.59. The third kappa shape index (κ3) is 5.02. The molecule has 0 spiro atoms. The lowest BCUT2D eigenvalue weighted by atomic mass is 9.95. The molecular weight excluding hydrogens is 458 g/mol. The number of piperazine rings is 1. The molecular formula is C28H27N3O5. The fourth-order valence-corrected chi connectivity index (χ4v) is 4.55. The van der Waals surface area contributed by atoms with Gasteiger partial charge in [-0.3, -0.25) is 14.4 Å². The number of nitrogens with one attached hydrogen (secondary N) is 1. The first-order valence-electron chi connectivity index (χ1n) is 12.0. The molecule has 2 heterocycles. The van der Waals surface area contributed by atoms with E-state index < -0.39 is 0 Å². The monoisotopic (exact) mass is 485 g/mol.